The fourth-order valence-corrected chi connectivity index (χ4v) is 4.56. The molecule has 0 saturated heterocycles. The van der Waals surface area contributed by atoms with E-state index in [1.807, 2.05) is 17.8 Å². The van der Waals surface area contributed by atoms with Crippen molar-refractivity contribution in [2.45, 2.75) is 49.3 Å². The Labute approximate surface area is 138 Å². The highest BCUT2D eigenvalue weighted by Gasteiger charge is 2.20. The van der Waals surface area contributed by atoms with Gasteiger partial charge in [-0.2, -0.15) is 0 Å². The van der Waals surface area contributed by atoms with Crippen LogP contribution in [-0.4, -0.2) is 25.5 Å². The fraction of sp³-hybridized carbons (Fsp3) is 0.647. The van der Waals surface area contributed by atoms with Gasteiger partial charge < -0.3 is 10.1 Å². The van der Waals surface area contributed by atoms with E-state index in [0.29, 0.717) is 0 Å². The summed E-state index contributed by atoms with van der Waals surface area (Å²) >= 11 is 8.20. The maximum Gasteiger partial charge on any atom is 0.0587 e. The van der Waals surface area contributed by atoms with E-state index in [2.05, 4.69) is 24.4 Å². The van der Waals surface area contributed by atoms with Crippen LogP contribution in [0.5, 0.6) is 0 Å². The van der Waals surface area contributed by atoms with Crippen LogP contribution in [0.15, 0.2) is 23.1 Å². The lowest BCUT2D eigenvalue weighted by Gasteiger charge is -2.27. The molecule has 2 rings (SSSR count). The summed E-state index contributed by atoms with van der Waals surface area (Å²) in [7, 11) is 1.73. The zero-order valence-electron chi connectivity index (χ0n) is 13.0. The summed E-state index contributed by atoms with van der Waals surface area (Å²) in [6, 6.07) is 6.28. The summed E-state index contributed by atoms with van der Waals surface area (Å²) < 4.78 is 5.07. The average Bonchev–Trinajstić information content (AvgIpc) is 2.46. The normalized spacial score (nSPS) is 22.4. The summed E-state index contributed by atoms with van der Waals surface area (Å²) in [5.41, 5.74) is 1.31. The summed E-state index contributed by atoms with van der Waals surface area (Å²) in [4.78, 5) is 1.38. The number of ether oxygens (including phenoxy) is 1. The molecule has 2 unspecified atom stereocenters. The standard InChI is InChI=1S/C17H26ClNOS/c1-13-4-3-5-16(10-13)21-17-7-6-15(18)11-14(17)12-19-8-9-20-2/h6-7,11,13,16,19H,3-5,8-10,12H2,1-2H3. The van der Waals surface area contributed by atoms with E-state index in [9.17, 15) is 0 Å². The van der Waals surface area contributed by atoms with Crippen LogP contribution in [0.4, 0.5) is 0 Å². The van der Waals surface area contributed by atoms with Gasteiger partial charge >= 0.3 is 0 Å². The largest absolute Gasteiger partial charge is 0.383 e. The van der Waals surface area contributed by atoms with Crippen LogP contribution < -0.4 is 5.32 Å². The summed E-state index contributed by atoms with van der Waals surface area (Å²) in [6.07, 6.45) is 5.44. The molecule has 0 aliphatic heterocycles. The number of rotatable bonds is 7. The minimum atomic E-state index is 0.739. The number of halogens is 1. The highest BCUT2D eigenvalue weighted by Crippen LogP contribution is 2.38. The highest BCUT2D eigenvalue weighted by molar-refractivity contribution is 8.00. The van der Waals surface area contributed by atoms with E-state index in [1.165, 1.54) is 36.1 Å². The zero-order chi connectivity index (χ0) is 15.1. The fourth-order valence-electron chi connectivity index (χ4n) is 2.86. The third kappa shape index (κ3) is 5.82. The Morgan fingerprint density at radius 2 is 2.24 bits per heavy atom. The van der Waals surface area contributed by atoms with Gasteiger partial charge in [-0.3, -0.25) is 0 Å². The molecule has 2 nitrogen and oxygen atoms in total. The molecule has 1 saturated carbocycles. The third-order valence-corrected chi connectivity index (χ3v) is 5.65. The Morgan fingerprint density at radius 3 is 3.00 bits per heavy atom. The van der Waals surface area contributed by atoms with Crippen molar-refractivity contribution in [1.29, 1.82) is 0 Å². The molecular formula is C17H26ClNOS. The highest BCUT2D eigenvalue weighted by atomic mass is 35.5. The molecule has 0 spiro atoms. The summed E-state index contributed by atoms with van der Waals surface area (Å²) in [6.45, 7) is 4.84. The molecule has 118 valence electrons. The first-order valence-electron chi connectivity index (χ1n) is 7.83. The predicted molar refractivity (Wildman–Crippen MR) is 92.3 cm³/mol. The maximum absolute atomic E-state index is 6.16. The van der Waals surface area contributed by atoms with Gasteiger partial charge in [-0.15, -0.1) is 11.8 Å². The molecule has 0 heterocycles. The molecule has 1 aliphatic carbocycles. The van der Waals surface area contributed by atoms with Gasteiger partial charge in [-0.25, -0.2) is 0 Å². The van der Waals surface area contributed by atoms with Crippen LogP contribution >= 0.6 is 23.4 Å². The van der Waals surface area contributed by atoms with Crippen molar-refractivity contribution < 1.29 is 4.74 Å². The van der Waals surface area contributed by atoms with Gasteiger partial charge in [0.2, 0.25) is 0 Å². The molecule has 1 N–H and O–H groups in total. The van der Waals surface area contributed by atoms with Crippen LogP contribution in [0.3, 0.4) is 0 Å². The van der Waals surface area contributed by atoms with Crippen LogP contribution in [0.1, 0.15) is 38.2 Å². The van der Waals surface area contributed by atoms with E-state index in [1.54, 1.807) is 7.11 Å². The first-order valence-corrected chi connectivity index (χ1v) is 9.09. The molecule has 1 fully saturated rings. The Morgan fingerprint density at radius 1 is 1.38 bits per heavy atom. The number of benzene rings is 1. The van der Waals surface area contributed by atoms with E-state index in [4.69, 9.17) is 16.3 Å². The van der Waals surface area contributed by atoms with E-state index >= 15 is 0 Å². The number of methoxy groups -OCH3 is 1. The number of thioether (sulfide) groups is 1. The third-order valence-electron chi connectivity index (χ3n) is 4.00. The number of nitrogens with one attached hydrogen (secondary N) is 1. The van der Waals surface area contributed by atoms with Crippen LogP contribution in [-0.2, 0) is 11.3 Å². The van der Waals surface area contributed by atoms with Gasteiger partial charge in [0.05, 0.1) is 6.61 Å². The molecule has 4 heteroatoms. The monoisotopic (exact) mass is 327 g/mol. The lowest BCUT2D eigenvalue weighted by atomic mass is 9.91. The molecule has 0 aromatic heterocycles. The molecule has 1 aromatic carbocycles. The van der Waals surface area contributed by atoms with E-state index in [0.717, 1.165) is 35.9 Å². The summed E-state index contributed by atoms with van der Waals surface area (Å²) in [5, 5.41) is 5.00. The molecule has 1 aliphatic rings. The first kappa shape index (κ1) is 17.1. The van der Waals surface area contributed by atoms with Crippen molar-refractivity contribution in [2.24, 2.45) is 5.92 Å². The van der Waals surface area contributed by atoms with E-state index in [-0.39, 0.29) is 0 Å². The Hall–Kier alpha value is -0.220. The SMILES string of the molecule is COCCNCc1cc(Cl)ccc1SC1CCCC(C)C1. The van der Waals surface area contributed by atoms with Crippen molar-refractivity contribution in [2.75, 3.05) is 20.3 Å². The van der Waals surface area contributed by atoms with Crippen LogP contribution in [0.2, 0.25) is 5.02 Å². The second-order valence-corrected chi connectivity index (χ2v) is 7.71. The van der Waals surface area contributed by atoms with Crippen molar-refractivity contribution in [3.05, 3.63) is 28.8 Å². The Balaban J connectivity index is 1.96. The molecule has 0 radical (unpaired) electrons. The molecular weight excluding hydrogens is 302 g/mol. The topological polar surface area (TPSA) is 21.3 Å². The van der Waals surface area contributed by atoms with Crippen molar-refractivity contribution >= 4 is 23.4 Å². The van der Waals surface area contributed by atoms with Gasteiger partial charge in [-0.1, -0.05) is 31.4 Å². The Kier molecular flexibility index (Phi) is 7.38. The zero-order valence-corrected chi connectivity index (χ0v) is 14.6. The second-order valence-electron chi connectivity index (χ2n) is 5.93. The molecule has 2 atom stereocenters. The van der Waals surface area contributed by atoms with Gasteiger partial charge in [0.1, 0.15) is 0 Å². The smallest absolute Gasteiger partial charge is 0.0587 e. The van der Waals surface area contributed by atoms with Gasteiger partial charge in [0, 0.05) is 35.4 Å². The van der Waals surface area contributed by atoms with Crippen molar-refractivity contribution in [1.82, 2.24) is 5.32 Å². The lowest BCUT2D eigenvalue weighted by Crippen LogP contribution is -2.19. The van der Waals surface area contributed by atoms with Crippen molar-refractivity contribution in [3.8, 4) is 0 Å². The molecule has 0 amide bonds. The van der Waals surface area contributed by atoms with Gasteiger partial charge in [0.25, 0.3) is 0 Å². The molecule has 0 bridgehead atoms. The van der Waals surface area contributed by atoms with Crippen LogP contribution in [0.25, 0.3) is 0 Å². The quantitative estimate of drug-likeness (QED) is 0.730. The second kappa shape index (κ2) is 9.04. The van der Waals surface area contributed by atoms with Crippen molar-refractivity contribution in [3.63, 3.8) is 0 Å². The minimum Gasteiger partial charge on any atom is -0.383 e. The number of hydrogen-bond acceptors (Lipinski definition) is 3. The van der Waals surface area contributed by atoms with E-state index < -0.39 is 0 Å². The summed E-state index contributed by atoms with van der Waals surface area (Å²) in [5.74, 6) is 0.867. The van der Waals surface area contributed by atoms with Gasteiger partial charge in [-0.05, 0) is 42.5 Å². The lowest BCUT2D eigenvalue weighted by molar-refractivity contribution is 0.199. The minimum absolute atomic E-state index is 0.739. The number of hydrogen-bond donors (Lipinski definition) is 1. The predicted octanol–water partition coefficient (Wildman–Crippen LogP) is 4.75. The molecule has 1 aromatic rings. The van der Waals surface area contributed by atoms with Gasteiger partial charge in [0.15, 0.2) is 0 Å². The average molecular weight is 328 g/mol. The maximum atomic E-state index is 6.16. The Bertz CT molecular complexity index is 441. The van der Waals surface area contributed by atoms with Crippen LogP contribution in [0, 0.1) is 5.92 Å². The molecule has 21 heavy (non-hydrogen) atoms. The first-order chi connectivity index (χ1) is 10.2.